The van der Waals surface area contributed by atoms with Crippen LogP contribution in [-0.4, -0.2) is 9.97 Å². The molecule has 0 atom stereocenters. The first-order valence-corrected chi connectivity index (χ1v) is 4.68. The Morgan fingerprint density at radius 1 is 1.07 bits per heavy atom. The molecule has 0 spiro atoms. The zero-order valence-corrected chi connectivity index (χ0v) is 7.92. The minimum atomic E-state index is 0.754. The van der Waals surface area contributed by atoms with Gasteiger partial charge in [0, 0.05) is 17.8 Å². The van der Waals surface area contributed by atoms with Crippen LogP contribution in [-0.2, 0) is 0 Å². The lowest BCUT2D eigenvalue weighted by Crippen LogP contribution is -1.80. The number of aromatic nitrogens is 2. The van der Waals surface area contributed by atoms with E-state index in [2.05, 4.69) is 9.97 Å². The van der Waals surface area contributed by atoms with Crippen LogP contribution in [0.3, 0.4) is 0 Å². The Balaban J connectivity index is 2.21. The summed E-state index contributed by atoms with van der Waals surface area (Å²) in [5, 5.41) is 1.08. The lowest BCUT2D eigenvalue weighted by atomic mass is 10.2. The van der Waals surface area contributed by atoms with E-state index >= 15 is 0 Å². The molecule has 2 heterocycles. The summed E-state index contributed by atoms with van der Waals surface area (Å²) in [5.74, 6) is 0.754. The van der Waals surface area contributed by atoms with Gasteiger partial charge in [-0.25, -0.2) is 4.98 Å². The Morgan fingerprint density at radius 3 is 2.80 bits per heavy atom. The first-order valence-electron chi connectivity index (χ1n) is 4.68. The van der Waals surface area contributed by atoms with Crippen molar-refractivity contribution in [3.63, 3.8) is 0 Å². The Hall–Kier alpha value is -2.16. The van der Waals surface area contributed by atoms with Crippen LogP contribution in [0.2, 0.25) is 0 Å². The highest BCUT2D eigenvalue weighted by Gasteiger charge is 2.05. The average molecular weight is 196 g/mol. The van der Waals surface area contributed by atoms with Gasteiger partial charge in [0.15, 0.2) is 5.76 Å². The van der Waals surface area contributed by atoms with Gasteiger partial charge in [-0.05, 0) is 12.1 Å². The van der Waals surface area contributed by atoms with Gasteiger partial charge in [0.1, 0.15) is 11.3 Å². The van der Waals surface area contributed by atoms with Gasteiger partial charge in [-0.1, -0.05) is 18.2 Å². The molecule has 0 amide bonds. The molecule has 3 aromatic rings. The minimum Gasteiger partial charge on any atom is -0.454 e. The molecule has 3 rings (SSSR count). The molecule has 3 heteroatoms. The van der Waals surface area contributed by atoms with Gasteiger partial charge in [-0.3, -0.25) is 4.98 Å². The van der Waals surface area contributed by atoms with Gasteiger partial charge >= 0.3 is 0 Å². The van der Waals surface area contributed by atoms with E-state index in [4.69, 9.17) is 4.42 Å². The van der Waals surface area contributed by atoms with Crippen molar-refractivity contribution in [1.29, 1.82) is 0 Å². The van der Waals surface area contributed by atoms with Crippen LogP contribution < -0.4 is 0 Å². The fourth-order valence-corrected chi connectivity index (χ4v) is 1.53. The largest absolute Gasteiger partial charge is 0.454 e. The molecule has 0 aliphatic rings. The molecule has 0 fully saturated rings. The van der Waals surface area contributed by atoms with Crippen LogP contribution in [0.1, 0.15) is 0 Å². The number of benzene rings is 1. The molecule has 0 saturated carbocycles. The molecular formula is C12H8N2O. The van der Waals surface area contributed by atoms with Crippen LogP contribution >= 0.6 is 0 Å². The summed E-state index contributed by atoms with van der Waals surface area (Å²) in [4.78, 5) is 8.20. The number of furan rings is 1. The van der Waals surface area contributed by atoms with E-state index in [1.165, 1.54) is 0 Å². The van der Waals surface area contributed by atoms with Crippen LogP contribution in [0.25, 0.3) is 22.4 Å². The Kier molecular flexibility index (Phi) is 1.75. The molecule has 0 unspecified atom stereocenters. The molecular weight excluding hydrogens is 188 g/mol. The molecule has 2 aromatic heterocycles. The fourth-order valence-electron chi connectivity index (χ4n) is 1.53. The van der Waals surface area contributed by atoms with Crippen molar-refractivity contribution in [2.75, 3.05) is 0 Å². The van der Waals surface area contributed by atoms with Crippen molar-refractivity contribution in [2.24, 2.45) is 0 Å². The van der Waals surface area contributed by atoms with E-state index < -0.39 is 0 Å². The molecule has 0 aliphatic carbocycles. The van der Waals surface area contributed by atoms with E-state index in [1.54, 1.807) is 18.6 Å². The van der Waals surface area contributed by atoms with Gasteiger partial charge in [0.2, 0.25) is 0 Å². The molecule has 0 radical (unpaired) electrons. The van der Waals surface area contributed by atoms with E-state index in [0.29, 0.717) is 0 Å². The zero-order valence-electron chi connectivity index (χ0n) is 7.92. The quantitative estimate of drug-likeness (QED) is 0.600. The number of fused-ring (bicyclic) bond motifs is 1. The molecule has 0 N–H and O–H groups in total. The maximum Gasteiger partial charge on any atom is 0.155 e. The van der Waals surface area contributed by atoms with Crippen LogP contribution in [0.4, 0.5) is 0 Å². The Labute approximate surface area is 86.4 Å². The van der Waals surface area contributed by atoms with Crippen molar-refractivity contribution < 1.29 is 4.42 Å². The monoisotopic (exact) mass is 196 g/mol. The van der Waals surface area contributed by atoms with Crippen LogP contribution in [0, 0.1) is 0 Å². The topological polar surface area (TPSA) is 38.9 Å². The van der Waals surface area contributed by atoms with Crippen molar-refractivity contribution in [2.45, 2.75) is 0 Å². The fraction of sp³-hybridized carbons (Fsp3) is 0. The van der Waals surface area contributed by atoms with Crippen molar-refractivity contribution in [3.05, 3.63) is 48.9 Å². The number of para-hydroxylation sites is 1. The SMILES string of the molecule is c1ccc2oc(-c3cnccn3)cc2c1. The molecule has 0 bridgehead atoms. The summed E-state index contributed by atoms with van der Waals surface area (Å²) in [5.41, 5.74) is 1.63. The van der Waals surface area contributed by atoms with Gasteiger partial charge in [-0.2, -0.15) is 0 Å². The molecule has 0 aliphatic heterocycles. The second-order valence-corrected chi connectivity index (χ2v) is 3.24. The Morgan fingerprint density at radius 2 is 2.00 bits per heavy atom. The first kappa shape index (κ1) is 8.17. The smallest absolute Gasteiger partial charge is 0.155 e. The third kappa shape index (κ3) is 1.38. The molecule has 15 heavy (non-hydrogen) atoms. The average Bonchev–Trinajstić information content (AvgIpc) is 2.74. The second-order valence-electron chi connectivity index (χ2n) is 3.24. The summed E-state index contributed by atoms with van der Waals surface area (Å²) in [6.45, 7) is 0. The third-order valence-electron chi connectivity index (χ3n) is 2.24. The molecule has 72 valence electrons. The summed E-state index contributed by atoms with van der Waals surface area (Å²) in [7, 11) is 0. The van der Waals surface area contributed by atoms with Crippen molar-refractivity contribution >= 4 is 11.0 Å². The molecule has 0 saturated heterocycles. The lowest BCUT2D eigenvalue weighted by molar-refractivity contribution is 0.628. The highest BCUT2D eigenvalue weighted by Crippen LogP contribution is 2.25. The zero-order chi connectivity index (χ0) is 10.1. The minimum absolute atomic E-state index is 0.754. The summed E-state index contributed by atoms with van der Waals surface area (Å²) < 4.78 is 5.65. The predicted octanol–water partition coefficient (Wildman–Crippen LogP) is 2.89. The van der Waals surface area contributed by atoms with Crippen LogP contribution in [0.5, 0.6) is 0 Å². The second kappa shape index (κ2) is 3.20. The van der Waals surface area contributed by atoms with E-state index in [0.717, 1.165) is 22.4 Å². The summed E-state index contributed by atoms with van der Waals surface area (Å²) in [6, 6.07) is 9.86. The van der Waals surface area contributed by atoms with Gasteiger partial charge in [0.25, 0.3) is 0 Å². The van der Waals surface area contributed by atoms with E-state index in [9.17, 15) is 0 Å². The Bertz CT molecular complexity index is 554. The normalized spacial score (nSPS) is 10.7. The maximum absolute atomic E-state index is 5.65. The van der Waals surface area contributed by atoms with E-state index in [1.807, 2.05) is 30.3 Å². The molecule has 3 nitrogen and oxygen atoms in total. The molecule has 1 aromatic carbocycles. The predicted molar refractivity (Wildman–Crippen MR) is 57.2 cm³/mol. The van der Waals surface area contributed by atoms with E-state index in [-0.39, 0.29) is 0 Å². The van der Waals surface area contributed by atoms with Crippen LogP contribution in [0.15, 0.2) is 53.3 Å². The van der Waals surface area contributed by atoms with Gasteiger partial charge in [-0.15, -0.1) is 0 Å². The standard InChI is InChI=1S/C12H8N2O/c1-2-4-11-9(3-1)7-12(15-11)10-8-13-5-6-14-10/h1-8H. The number of rotatable bonds is 1. The third-order valence-corrected chi connectivity index (χ3v) is 2.24. The highest BCUT2D eigenvalue weighted by atomic mass is 16.3. The lowest BCUT2D eigenvalue weighted by Gasteiger charge is -1.91. The summed E-state index contributed by atoms with van der Waals surface area (Å²) >= 11 is 0. The van der Waals surface area contributed by atoms with Gasteiger partial charge in [0.05, 0.1) is 6.20 Å². The highest BCUT2D eigenvalue weighted by molar-refractivity contribution is 5.81. The number of hydrogen-bond acceptors (Lipinski definition) is 3. The number of hydrogen-bond donors (Lipinski definition) is 0. The first-order chi connectivity index (χ1) is 7.43. The van der Waals surface area contributed by atoms with Crippen molar-refractivity contribution in [3.8, 4) is 11.5 Å². The van der Waals surface area contributed by atoms with Gasteiger partial charge < -0.3 is 4.42 Å². The maximum atomic E-state index is 5.65. The van der Waals surface area contributed by atoms with Crippen molar-refractivity contribution in [1.82, 2.24) is 9.97 Å². The summed E-state index contributed by atoms with van der Waals surface area (Å²) in [6.07, 6.45) is 4.99. The number of nitrogens with zero attached hydrogens (tertiary/aromatic N) is 2.